The van der Waals surface area contributed by atoms with Gasteiger partial charge in [-0.25, -0.2) is 0 Å². The van der Waals surface area contributed by atoms with Crippen LogP contribution >= 0.6 is 11.8 Å². The average Bonchev–Trinajstić information content (AvgIpc) is 3.16. The summed E-state index contributed by atoms with van der Waals surface area (Å²) in [6.07, 6.45) is 0. The summed E-state index contributed by atoms with van der Waals surface area (Å²) in [5.41, 5.74) is 1.17. The molecule has 0 aliphatic heterocycles. The van der Waals surface area contributed by atoms with Gasteiger partial charge in [-0.1, -0.05) is 17.8 Å². The number of nitrogens with one attached hydrogen (secondary N) is 2. The average molecular weight is 456 g/mol. The Balaban J connectivity index is 1.56. The van der Waals surface area contributed by atoms with Crippen molar-refractivity contribution < 1.29 is 19.1 Å². The molecule has 168 valence electrons. The lowest BCUT2D eigenvalue weighted by Crippen LogP contribution is -2.25. The number of hydrogen-bond acceptors (Lipinski definition) is 7. The van der Waals surface area contributed by atoms with Gasteiger partial charge in [0.05, 0.1) is 26.0 Å². The van der Waals surface area contributed by atoms with E-state index >= 15 is 0 Å². The summed E-state index contributed by atoms with van der Waals surface area (Å²) in [6.45, 7) is 2.00. The van der Waals surface area contributed by atoms with Gasteiger partial charge in [0.2, 0.25) is 5.91 Å². The molecule has 0 saturated carbocycles. The molecule has 0 spiro atoms. The summed E-state index contributed by atoms with van der Waals surface area (Å²) in [4.78, 5) is 24.9. The summed E-state index contributed by atoms with van der Waals surface area (Å²) < 4.78 is 12.0. The Kier molecular flexibility index (Phi) is 7.72. The quantitative estimate of drug-likeness (QED) is 0.478. The Morgan fingerprint density at radius 2 is 1.78 bits per heavy atom. The minimum Gasteiger partial charge on any atom is -0.497 e. The van der Waals surface area contributed by atoms with Crippen LogP contribution in [0.3, 0.4) is 0 Å². The van der Waals surface area contributed by atoms with Gasteiger partial charge in [-0.3, -0.25) is 9.59 Å². The maximum absolute atomic E-state index is 12.5. The number of aromatic nitrogens is 3. The highest BCUT2D eigenvalue weighted by atomic mass is 32.2. The number of nitrogens with zero attached hydrogens (tertiary/aromatic N) is 3. The minimum atomic E-state index is -0.403. The number of ether oxygens (including phenoxy) is 2. The van der Waals surface area contributed by atoms with Gasteiger partial charge >= 0.3 is 0 Å². The van der Waals surface area contributed by atoms with Crippen molar-refractivity contribution in [2.75, 3.05) is 19.5 Å². The second-order valence-corrected chi connectivity index (χ2v) is 8.16. The monoisotopic (exact) mass is 455 g/mol. The molecule has 3 aromatic rings. The van der Waals surface area contributed by atoms with Crippen LogP contribution in [0.1, 0.15) is 23.1 Å². The minimum absolute atomic E-state index is 0.156. The summed E-state index contributed by atoms with van der Waals surface area (Å²) in [6, 6.07) is 14.0. The zero-order valence-electron chi connectivity index (χ0n) is 18.3. The van der Waals surface area contributed by atoms with Crippen LogP contribution in [-0.2, 0) is 18.4 Å². The van der Waals surface area contributed by atoms with Gasteiger partial charge in [-0.2, -0.15) is 0 Å². The van der Waals surface area contributed by atoms with Crippen LogP contribution in [0.4, 0.5) is 5.69 Å². The van der Waals surface area contributed by atoms with Crippen LogP contribution in [0.15, 0.2) is 53.7 Å². The van der Waals surface area contributed by atoms with Gasteiger partial charge in [0.25, 0.3) is 5.91 Å². The fraction of sp³-hybridized carbons (Fsp3) is 0.273. The topological polar surface area (TPSA) is 107 Å². The Morgan fingerprint density at radius 3 is 2.47 bits per heavy atom. The van der Waals surface area contributed by atoms with E-state index in [-0.39, 0.29) is 18.4 Å². The molecule has 1 aromatic heterocycles. The van der Waals surface area contributed by atoms with E-state index in [1.165, 1.54) is 11.8 Å². The summed E-state index contributed by atoms with van der Waals surface area (Å²) in [5.74, 6) is 1.50. The first-order chi connectivity index (χ1) is 15.4. The zero-order chi connectivity index (χ0) is 23.1. The second kappa shape index (κ2) is 10.7. The lowest BCUT2D eigenvalue weighted by Gasteiger charge is -2.12. The Hall–Kier alpha value is -3.53. The third-order valence-corrected chi connectivity index (χ3v) is 5.81. The maximum Gasteiger partial charge on any atom is 0.251 e. The number of benzene rings is 2. The molecule has 1 unspecified atom stereocenters. The van der Waals surface area contributed by atoms with Gasteiger partial charge in [0.1, 0.15) is 11.5 Å². The Labute approximate surface area is 190 Å². The first-order valence-electron chi connectivity index (χ1n) is 9.83. The highest BCUT2D eigenvalue weighted by Crippen LogP contribution is 2.23. The fourth-order valence-corrected chi connectivity index (χ4v) is 3.59. The standard InChI is InChI=1S/C22H25N5O4S/c1-14(20(28)24-16-8-10-17(30-3)11-9-16)32-22-26-25-19(27(22)2)13-23-21(29)15-6-5-7-18(12-15)31-4/h5-12,14H,13H2,1-4H3,(H,23,29)(H,24,28). The third kappa shape index (κ3) is 5.79. The molecule has 2 aromatic carbocycles. The number of amides is 2. The molecule has 1 heterocycles. The Morgan fingerprint density at radius 1 is 1.06 bits per heavy atom. The zero-order valence-corrected chi connectivity index (χ0v) is 19.1. The SMILES string of the molecule is COc1ccc(NC(=O)C(C)Sc2nnc(CNC(=O)c3cccc(OC)c3)n2C)cc1. The van der Waals surface area contributed by atoms with E-state index in [9.17, 15) is 9.59 Å². The van der Waals surface area contributed by atoms with E-state index in [4.69, 9.17) is 9.47 Å². The van der Waals surface area contributed by atoms with Crippen molar-refractivity contribution in [3.8, 4) is 11.5 Å². The van der Waals surface area contributed by atoms with E-state index in [0.717, 1.165) is 5.75 Å². The van der Waals surface area contributed by atoms with Crippen LogP contribution < -0.4 is 20.1 Å². The molecule has 2 amide bonds. The molecule has 0 saturated heterocycles. The van der Waals surface area contributed by atoms with Crippen LogP contribution in [0, 0.1) is 0 Å². The second-order valence-electron chi connectivity index (χ2n) is 6.85. The van der Waals surface area contributed by atoms with Crippen molar-refractivity contribution in [1.82, 2.24) is 20.1 Å². The van der Waals surface area contributed by atoms with Crippen molar-refractivity contribution in [2.45, 2.75) is 23.9 Å². The van der Waals surface area contributed by atoms with Crippen LogP contribution in [0.25, 0.3) is 0 Å². The molecule has 9 nitrogen and oxygen atoms in total. The van der Waals surface area contributed by atoms with Gasteiger partial charge in [0.15, 0.2) is 11.0 Å². The number of hydrogen-bond donors (Lipinski definition) is 2. The van der Waals surface area contributed by atoms with Crippen LogP contribution in [0.2, 0.25) is 0 Å². The highest BCUT2D eigenvalue weighted by molar-refractivity contribution is 8.00. The normalized spacial score (nSPS) is 11.5. The highest BCUT2D eigenvalue weighted by Gasteiger charge is 2.19. The van der Waals surface area contributed by atoms with Gasteiger partial charge < -0.3 is 24.7 Å². The summed E-state index contributed by atoms with van der Waals surface area (Å²) in [5, 5.41) is 14.2. The van der Waals surface area contributed by atoms with E-state index in [1.54, 1.807) is 81.3 Å². The fourth-order valence-electron chi connectivity index (χ4n) is 2.76. The van der Waals surface area contributed by atoms with E-state index in [0.29, 0.717) is 28.0 Å². The van der Waals surface area contributed by atoms with Crippen LogP contribution in [0.5, 0.6) is 11.5 Å². The first kappa shape index (κ1) is 23.1. The number of carbonyl (C=O) groups excluding carboxylic acids is 2. The first-order valence-corrected chi connectivity index (χ1v) is 10.7. The maximum atomic E-state index is 12.5. The molecule has 1 atom stereocenters. The molecular weight excluding hydrogens is 430 g/mol. The molecule has 0 aliphatic carbocycles. The number of thioether (sulfide) groups is 1. The van der Waals surface area contributed by atoms with Gasteiger partial charge in [-0.05, 0) is 49.4 Å². The number of carbonyl (C=O) groups is 2. The predicted molar refractivity (Wildman–Crippen MR) is 122 cm³/mol. The van der Waals surface area contributed by atoms with Crippen LogP contribution in [-0.4, -0.2) is 46.0 Å². The molecule has 2 N–H and O–H groups in total. The third-order valence-electron chi connectivity index (χ3n) is 4.67. The molecule has 32 heavy (non-hydrogen) atoms. The van der Waals surface area contributed by atoms with Crippen molar-refractivity contribution in [3.05, 3.63) is 59.9 Å². The smallest absolute Gasteiger partial charge is 0.251 e. The lowest BCUT2D eigenvalue weighted by molar-refractivity contribution is -0.115. The van der Waals surface area contributed by atoms with Crippen molar-refractivity contribution in [2.24, 2.45) is 7.05 Å². The Bertz CT molecular complexity index is 1080. The molecular formula is C22H25N5O4S. The van der Waals surface area contributed by atoms with Gasteiger partial charge in [-0.15, -0.1) is 10.2 Å². The molecule has 0 radical (unpaired) electrons. The predicted octanol–water partition coefficient (Wildman–Crippen LogP) is 2.88. The molecule has 0 fully saturated rings. The van der Waals surface area contributed by atoms with E-state index < -0.39 is 5.25 Å². The van der Waals surface area contributed by atoms with E-state index in [1.807, 2.05) is 0 Å². The van der Waals surface area contributed by atoms with Crippen molar-refractivity contribution in [3.63, 3.8) is 0 Å². The van der Waals surface area contributed by atoms with Crippen molar-refractivity contribution >= 4 is 29.3 Å². The molecule has 0 bridgehead atoms. The molecule has 3 rings (SSSR count). The van der Waals surface area contributed by atoms with Crippen molar-refractivity contribution in [1.29, 1.82) is 0 Å². The largest absolute Gasteiger partial charge is 0.497 e. The van der Waals surface area contributed by atoms with E-state index in [2.05, 4.69) is 20.8 Å². The number of rotatable bonds is 9. The number of methoxy groups -OCH3 is 2. The summed E-state index contributed by atoms with van der Waals surface area (Å²) in [7, 11) is 4.93. The molecule has 0 aliphatic rings. The lowest BCUT2D eigenvalue weighted by atomic mass is 10.2. The van der Waals surface area contributed by atoms with Gasteiger partial charge in [0, 0.05) is 18.3 Å². The summed E-state index contributed by atoms with van der Waals surface area (Å²) >= 11 is 1.28. The molecule has 10 heteroatoms. The number of anilines is 1.